The van der Waals surface area contributed by atoms with Gasteiger partial charge >= 0.3 is 0 Å². The van der Waals surface area contributed by atoms with Gasteiger partial charge in [0.1, 0.15) is 0 Å². The van der Waals surface area contributed by atoms with Crippen LogP contribution in [0.3, 0.4) is 0 Å². The zero-order chi connectivity index (χ0) is 14.7. The van der Waals surface area contributed by atoms with Crippen LogP contribution in [0.25, 0.3) is 0 Å². The Morgan fingerprint density at radius 2 is 2.00 bits per heavy atom. The van der Waals surface area contributed by atoms with E-state index < -0.39 is 9.84 Å². The standard InChI is InChI=1S/C13H26N2O3S/c1-5-15(11-7-9-19(17,18)10-11)8-6-12(16)14-13(2,3)4/h11H,5-10H2,1-4H3,(H,14,16). The number of hydrogen-bond donors (Lipinski definition) is 1. The van der Waals surface area contributed by atoms with Gasteiger partial charge in [0.2, 0.25) is 5.91 Å². The number of carbonyl (C=O) groups excluding carboxylic acids is 1. The van der Waals surface area contributed by atoms with Crippen molar-refractivity contribution >= 4 is 15.7 Å². The molecule has 6 heteroatoms. The molecule has 1 aliphatic heterocycles. The highest BCUT2D eigenvalue weighted by molar-refractivity contribution is 7.91. The Bertz CT molecular complexity index is 412. The van der Waals surface area contributed by atoms with E-state index in [0.717, 1.165) is 6.54 Å². The van der Waals surface area contributed by atoms with Crippen LogP contribution in [0.2, 0.25) is 0 Å². The lowest BCUT2D eigenvalue weighted by atomic mass is 10.1. The third-order valence-corrected chi connectivity index (χ3v) is 5.02. The van der Waals surface area contributed by atoms with E-state index in [1.54, 1.807) is 0 Å². The molecule has 1 aliphatic rings. The summed E-state index contributed by atoms with van der Waals surface area (Å²) in [5.41, 5.74) is -0.217. The first-order chi connectivity index (χ1) is 8.63. The largest absolute Gasteiger partial charge is 0.351 e. The lowest BCUT2D eigenvalue weighted by Gasteiger charge is -2.27. The van der Waals surface area contributed by atoms with E-state index in [0.29, 0.717) is 19.4 Å². The maximum Gasteiger partial charge on any atom is 0.221 e. The van der Waals surface area contributed by atoms with E-state index in [1.165, 1.54) is 0 Å². The lowest BCUT2D eigenvalue weighted by Crippen LogP contribution is -2.43. The molecule has 0 bridgehead atoms. The van der Waals surface area contributed by atoms with E-state index in [9.17, 15) is 13.2 Å². The molecule has 1 N–H and O–H groups in total. The van der Waals surface area contributed by atoms with Gasteiger partial charge in [-0.05, 0) is 33.7 Å². The molecule has 0 aromatic carbocycles. The highest BCUT2D eigenvalue weighted by Crippen LogP contribution is 2.17. The Kier molecular flexibility index (Phi) is 5.38. The summed E-state index contributed by atoms with van der Waals surface area (Å²) in [4.78, 5) is 13.9. The molecule has 1 fully saturated rings. The van der Waals surface area contributed by atoms with Crippen molar-refractivity contribution in [1.29, 1.82) is 0 Å². The first kappa shape index (κ1) is 16.4. The number of rotatable bonds is 5. The van der Waals surface area contributed by atoms with Crippen LogP contribution in [-0.2, 0) is 14.6 Å². The van der Waals surface area contributed by atoms with Crippen LogP contribution in [0, 0.1) is 0 Å². The van der Waals surface area contributed by atoms with Crippen molar-refractivity contribution < 1.29 is 13.2 Å². The van der Waals surface area contributed by atoms with Crippen LogP contribution in [0.1, 0.15) is 40.5 Å². The molecule has 1 heterocycles. The van der Waals surface area contributed by atoms with Crippen LogP contribution >= 0.6 is 0 Å². The fraction of sp³-hybridized carbons (Fsp3) is 0.923. The molecule has 0 aliphatic carbocycles. The minimum atomic E-state index is -2.86. The minimum Gasteiger partial charge on any atom is -0.351 e. The number of nitrogens with one attached hydrogen (secondary N) is 1. The van der Waals surface area contributed by atoms with Crippen LogP contribution in [0.4, 0.5) is 0 Å². The molecule has 112 valence electrons. The maximum absolute atomic E-state index is 11.8. The Balaban J connectivity index is 2.44. The van der Waals surface area contributed by atoms with Gasteiger partial charge in [-0.3, -0.25) is 9.69 Å². The van der Waals surface area contributed by atoms with E-state index in [1.807, 2.05) is 27.7 Å². The van der Waals surface area contributed by atoms with Gasteiger partial charge in [-0.25, -0.2) is 8.42 Å². The minimum absolute atomic E-state index is 0.0202. The molecule has 1 saturated heterocycles. The number of carbonyl (C=O) groups is 1. The molecular weight excluding hydrogens is 264 g/mol. The Morgan fingerprint density at radius 3 is 2.42 bits per heavy atom. The summed E-state index contributed by atoms with van der Waals surface area (Å²) in [6.45, 7) is 9.26. The van der Waals surface area contributed by atoms with Crippen molar-refractivity contribution in [2.45, 2.75) is 52.1 Å². The highest BCUT2D eigenvalue weighted by Gasteiger charge is 2.31. The predicted octanol–water partition coefficient (Wildman–Crippen LogP) is 0.800. The SMILES string of the molecule is CCN(CCC(=O)NC(C)(C)C)C1CCS(=O)(=O)C1. The van der Waals surface area contributed by atoms with Crippen LogP contribution in [-0.4, -0.2) is 55.4 Å². The van der Waals surface area contributed by atoms with Gasteiger partial charge in [0.15, 0.2) is 9.84 Å². The first-order valence-electron chi connectivity index (χ1n) is 6.88. The van der Waals surface area contributed by atoms with Gasteiger partial charge in [0, 0.05) is 24.5 Å². The third-order valence-electron chi connectivity index (χ3n) is 3.27. The Hall–Kier alpha value is -0.620. The van der Waals surface area contributed by atoms with Crippen molar-refractivity contribution in [3.8, 4) is 0 Å². The molecule has 1 unspecified atom stereocenters. The lowest BCUT2D eigenvalue weighted by molar-refractivity contribution is -0.122. The zero-order valence-electron chi connectivity index (χ0n) is 12.4. The smallest absolute Gasteiger partial charge is 0.221 e. The van der Waals surface area contributed by atoms with Gasteiger partial charge < -0.3 is 5.32 Å². The molecule has 1 amide bonds. The third kappa shape index (κ3) is 5.91. The average molecular weight is 290 g/mol. The normalized spacial score (nSPS) is 22.7. The van der Waals surface area contributed by atoms with Crippen molar-refractivity contribution in [3.63, 3.8) is 0 Å². The van der Waals surface area contributed by atoms with Crippen LogP contribution < -0.4 is 5.32 Å². The monoisotopic (exact) mass is 290 g/mol. The Labute approximate surface area is 116 Å². The quantitative estimate of drug-likeness (QED) is 0.813. The molecule has 0 aromatic heterocycles. The fourth-order valence-corrected chi connectivity index (χ4v) is 4.15. The second-order valence-corrected chi connectivity index (χ2v) is 8.46. The molecule has 0 aromatic rings. The van der Waals surface area contributed by atoms with Gasteiger partial charge in [-0.15, -0.1) is 0 Å². The molecule has 5 nitrogen and oxygen atoms in total. The Morgan fingerprint density at radius 1 is 1.37 bits per heavy atom. The maximum atomic E-state index is 11.8. The first-order valence-corrected chi connectivity index (χ1v) is 8.70. The summed E-state index contributed by atoms with van der Waals surface area (Å²) in [6.07, 6.45) is 1.11. The van der Waals surface area contributed by atoms with Gasteiger partial charge in [0.25, 0.3) is 0 Å². The molecule has 0 radical (unpaired) electrons. The van der Waals surface area contributed by atoms with Gasteiger partial charge in [-0.2, -0.15) is 0 Å². The van der Waals surface area contributed by atoms with E-state index in [4.69, 9.17) is 0 Å². The van der Waals surface area contributed by atoms with Crippen molar-refractivity contribution in [3.05, 3.63) is 0 Å². The number of hydrogen-bond acceptors (Lipinski definition) is 4. The van der Waals surface area contributed by atoms with Gasteiger partial charge in [-0.1, -0.05) is 6.92 Å². The topological polar surface area (TPSA) is 66.5 Å². The number of nitrogens with zero attached hydrogens (tertiary/aromatic N) is 1. The fourth-order valence-electron chi connectivity index (χ4n) is 2.39. The number of sulfone groups is 1. The van der Waals surface area contributed by atoms with E-state index in [2.05, 4.69) is 10.2 Å². The molecule has 19 heavy (non-hydrogen) atoms. The summed E-state index contributed by atoms with van der Waals surface area (Å²) in [7, 11) is -2.86. The van der Waals surface area contributed by atoms with Crippen molar-refractivity contribution in [2.75, 3.05) is 24.6 Å². The number of amides is 1. The van der Waals surface area contributed by atoms with Crippen molar-refractivity contribution in [1.82, 2.24) is 10.2 Å². The second kappa shape index (κ2) is 6.22. The highest BCUT2D eigenvalue weighted by atomic mass is 32.2. The zero-order valence-corrected chi connectivity index (χ0v) is 13.2. The van der Waals surface area contributed by atoms with Gasteiger partial charge in [0.05, 0.1) is 11.5 Å². The molecular formula is C13H26N2O3S. The van der Waals surface area contributed by atoms with E-state index >= 15 is 0 Å². The summed E-state index contributed by atoms with van der Waals surface area (Å²) < 4.78 is 23.0. The summed E-state index contributed by atoms with van der Waals surface area (Å²) in [5.74, 6) is 0.538. The molecule has 0 spiro atoms. The molecule has 1 atom stereocenters. The van der Waals surface area contributed by atoms with Crippen LogP contribution in [0.15, 0.2) is 0 Å². The van der Waals surface area contributed by atoms with E-state index in [-0.39, 0.29) is 29.0 Å². The molecule has 0 saturated carbocycles. The second-order valence-electron chi connectivity index (χ2n) is 6.23. The van der Waals surface area contributed by atoms with Crippen molar-refractivity contribution in [2.24, 2.45) is 0 Å². The van der Waals surface area contributed by atoms with Crippen LogP contribution in [0.5, 0.6) is 0 Å². The summed E-state index contributed by atoms with van der Waals surface area (Å²) >= 11 is 0. The predicted molar refractivity (Wildman–Crippen MR) is 76.8 cm³/mol. The summed E-state index contributed by atoms with van der Waals surface area (Å²) in [6, 6.07) is 0.0810. The summed E-state index contributed by atoms with van der Waals surface area (Å²) in [5, 5.41) is 2.92. The average Bonchev–Trinajstić information content (AvgIpc) is 2.57. The molecule has 1 rings (SSSR count).